The van der Waals surface area contributed by atoms with E-state index in [1.807, 2.05) is 4.90 Å². The van der Waals surface area contributed by atoms with Crippen molar-refractivity contribution < 1.29 is 9.53 Å². The first kappa shape index (κ1) is 18.0. The summed E-state index contributed by atoms with van der Waals surface area (Å²) >= 11 is 0. The molecule has 0 aliphatic carbocycles. The fourth-order valence-corrected chi connectivity index (χ4v) is 3.34. The molecule has 1 saturated heterocycles. The van der Waals surface area contributed by atoms with Crippen molar-refractivity contribution in [1.82, 2.24) is 9.80 Å². The molecule has 0 aromatic heterocycles. The molecule has 1 aromatic rings. The minimum Gasteiger partial charge on any atom is -0.384 e. The summed E-state index contributed by atoms with van der Waals surface area (Å²) in [7, 11) is 1.68. The van der Waals surface area contributed by atoms with E-state index in [0.29, 0.717) is 19.7 Å². The van der Waals surface area contributed by atoms with Crippen LogP contribution in [0.1, 0.15) is 17.5 Å². The highest BCUT2D eigenvalue weighted by Gasteiger charge is 2.23. The van der Waals surface area contributed by atoms with Gasteiger partial charge in [-0.2, -0.15) is 0 Å². The largest absolute Gasteiger partial charge is 0.384 e. The molecule has 3 rings (SSSR count). The topological polar surface area (TPSA) is 44.8 Å². The molecule has 1 aromatic carbocycles. The molecule has 2 aliphatic heterocycles. The highest BCUT2D eigenvalue weighted by Crippen LogP contribution is 2.27. The number of ether oxygens (including phenoxy) is 1. The minimum atomic E-state index is 0. The molecule has 1 fully saturated rings. The highest BCUT2D eigenvalue weighted by molar-refractivity contribution is 5.85. The third-order valence-corrected chi connectivity index (χ3v) is 4.51. The van der Waals surface area contributed by atoms with Crippen molar-refractivity contribution in [2.24, 2.45) is 0 Å². The molecule has 1 N–H and O–H groups in total. The van der Waals surface area contributed by atoms with Gasteiger partial charge in [0, 0.05) is 45.5 Å². The average molecular weight is 340 g/mol. The van der Waals surface area contributed by atoms with Crippen LogP contribution < -0.4 is 5.32 Å². The fraction of sp³-hybridized carbons (Fsp3) is 0.588. The van der Waals surface area contributed by atoms with E-state index < -0.39 is 0 Å². The number of hydrogen-bond donors (Lipinski definition) is 1. The van der Waals surface area contributed by atoms with E-state index in [4.69, 9.17) is 4.74 Å². The van der Waals surface area contributed by atoms with Crippen molar-refractivity contribution >= 4 is 24.0 Å². The maximum absolute atomic E-state index is 12.4. The molecule has 128 valence electrons. The van der Waals surface area contributed by atoms with Crippen LogP contribution in [0, 0.1) is 0 Å². The van der Waals surface area contributed by atoms with Crippen LogP contribution in [0.3, 0.4) is 0 Å². The van der Waals surface area contributed by atoms with Gasteiger partial charge in [0.2, 0.25) is 5.91 Å². The van der Waals surface area contributed by atoms with Gasteiger partial charge >= 0.3 is 0 Å². The van der Waals surface area contributed by atoms with Gasteiger partial charge in [-0.25, -0.2) is 0 Å². The summed E-state index contributed by atoms with van der Waals surface area (Å²) < 4.78 is 5.09. The number of anilines is 1. The maximum Gasteiger partial charge on any atom is 0.236 e. The molecule has 0 radical (unpaired) electrons. The van der Waals surface area contributed by atoms with Crippen molar-refractivity contribution in [2.45, 2.75) is 19.4 Å². The number of methoxy groups -OCH3 is 1. The Hall–Kier alpha value is -1.30. The molecule has 23 heavy (non-hydrogen) atoms. The van der Waals surface area contributed by atoms with Crippen LogP contribution in [-0.2, 0) is 22.5 Å². The van der Waals surface area contributed by atoms with E-state index >= 15 is 0 Å². The molecule has 5 nitrogen and oxygen atoms in total. The summed E-state index contributed by atoms with van der Waals surface area (Å²) in [6.45, 7) is 5.50. The molecule has 1 amide bonds. The van der Waals surface area contributed by atoms with Crippen molar-refractivity contribution in [2.75, 3.05) is 51.8 Å². The van der Waals surface area contributed by atoms with Crippen LogP contribution in [0.25, 0.3) is 0 Å². The lowest BCUT2D eigenvalue weighted by Crippen LogP contribution is -2.38. The van der Waals surface area contributed by atoms with Crippen molar-refractivity contribution in [3.05, 3.63) is 29.3 Å². The Kier molecular flexibility index (Phi) is 6.69. The molecule has 2 aliphatic rings. The number of nitrogens with zero attached hydrogens (tertiary/aromatic N) is 2. The monoisotopic (exact) mass is 339 g/mol. The summed E-state index contributed by atoms with van der Waals surface area (Å²) in [6.07, 6.45) is 2.13. The Morgan fingerprint density at radius 1 is 1.30 bits per heavy atom. The third-order valence-electron chi connectivity index (χ3n) is 4.51. The molecule has 6 heteroatoms. The summed E-state index contributed by atoms with van der Waals surface area (Å²) in [4.78, 5) is 16.6. The Balaban J connectivity index is 0.00000192. The summed E-state index contributed by atoms with van der Waals surface area (Å²) in [6, 6.07) is 6.50. The minimum absolute atomic E-state index is 0. The summed E-state index contributed by atoms with van der Waals surface area (Å²) in [5.74, 6) is 0.218. The molecule has 0 bridgehead atoms. The van der Waals surface area contributed by atoms with Crippen molar-refractivity contribution in [1.29, 1.82) is 0 Å². The second kappa shape index (κ2) is 8.52. The zero-order valence-corrected chi connectivity index (χ0v) is 14.5. The second-order valence-electron chi connectivity index (χ2n) is 6.07. The number of carbonyl (C=O) groups excluding carboxylic acids is 1. The number of hydrogen-bond acceptors (Lipinski definition) is 4. The Labute approximate surface area is 144 Å². The number of nitrogens with one attached hydrogen (secondary N) is 1. The van der Waals surface area contributed by atoms with E-state index in [0.717, 1.165) is 39.0 Å². The number of carbonyl (C=O) groups is 1. The van der Waals surface area contributed by atoms with Crippen LogP contribution in [0.15, 0.2) is 18.2 Å². The maximum atomic E-state index is 12.4. The van der Waals surface area contributed by atoms with Gasteiger partial charge in [-0.3, -0.25) is 9.69 Å². The van der Waals surface area contributed by atoms with Crippen LogP contribution in [0.5, 0.6) is 0 Å². The standard InChI is InChI=1S/C17H25N3O2.ClH/c1-22-11-10-20-9-3-8-19(13-16(20)21)12-15-5-2-4-14-6-7-18-17(14)15;/h2,4-5,18H,3,6-13H2,1H3;1H. The molecule has 0 spiro atoms. The molecular formula is C17H26ClN3O2. The van der Waals surface area contributed by atoms with Gasteiger partial charge in [-0.1, -0.05) is 18.2 Å². The highest BCUT2D eigenvalue weighted by atomic mass is 35.5. The first-order chi connectivity index (χ1) is 10.8. The number of halogens is 1. The summed E-state index contributed by atoms with van der Waals surface area (Å²) in [5, 5.41) is 3.48. The van der Waals surface area contributed by atoms with Gasteiger partial charge in [-0.05, 0) is 24.0 Å². The van der Waals surface area contributed by atoms with Gasteiger partial charge in [0.05, 0.1) is 13.2 Å². The Morgan fingerprint density at radius 2 is 2.17 bits per heavy atom. The first-order valence-corrected chi connectivity index (χ1v) is 8.11. The smallest absolute Gasteiger partial charge is 0.236 e. The van der Waals surface area contributed by atoms with Gasteiger partial charge in [0.1, 0.15) is 0 Å². The second-order valence-corrected chi connectivity index (χ2v) is 6.07. The number of fused-ring (bicyclic) bond motifs is 1. The number of benzene rings is 1. The van der Waals surface area contributed by atoms with Crippen LogP contribution in [0.4, 0.5) is 5.69 Å². The van der Waals surface area contributed by atoms with E-state index in [2.05, 4.69) is 28.4 Å². The SMILES string of the molecule is COCCN1CCCN(Cc2cccc3c2NCC3)CC1=O.Cl. The number of rotatable bonds is 5. The van der Waals surface area contributed by atoms with Crippen LogP contribution >= 0.6 is 12.4 Å². The summed E-state index contributed by atoms with van der Waals surface area (Å²) in [5.41, 5.74) is 4.00. The number of amides is 1. The molecule has 0 atom stereocenters. The predicted octanol–water partition coefficient (Wildman–Crippen LogP) is 1.76. The van der Waals surface area contributed by atoms with Gasteiger partial charge in [0.15, 0.2) is 0 Å². The molecular weight excluding hydrogens is 314 g/mol. The first-order valence-electron chi connectivity index (χ1n) is 8.11. The molecule has 2 heterocycles. The number of para-hydroxylation sites is 1. The van der Waals surface area contributed by atoms with E-state index in [9.17, 15) is 4.79 Å². The lowest BCUT2D eigenvalue weighted by Gasteiger charge is -2.22. The van der Waals surface area contributed by atoms with E-state index in [1.165, 1.54) is 16.8 Å². The lowest BCUT2D eigenvalue weighted by molar-refractivity contribution is -0.131. The molecule has 0 saturated carbocycles. The fourth-order valence-electron chi connectivity index (χ4n) is 3.34. The zero-order chi connectivity index (χ0) is 15.4. The van der Waals surface area contributed by atoms with Gasteiger partial charge in [-0.15, -0.1) is 12.4 Å². The van der Waals surface area contributed by atoms with Gasteiger partial charge in [0.25, 0.3) is 0 Å². The van der Waals surface area contributed by atoms with E-state index in [1.54, 1.807) is 7.11 Å². The Morgan fingerprint density at radius 3 is 3.00 bits per heavy atom. The quantitative estimate of drug-likeness (QED) is 0.888. The molecule has 0 unspecified atom stereocenters. The van der Waals surface area contributed by atoms with Crippen molar-refractivity contribution in [3.63, 3.8) is 0 Å². The normalized spacial score (nSPS) is 18.1. The van der Waals surface area contributed by atoms with Crippen LogP contribution in [0.2, 0.25) is 0 Å². The van der Waals surface area contributed by atoms with Crippen molar-refractivity contribution in [3.8, 4) is 0 Å². The zero-order valence-electron chi connectivity index (χ0n) is 13.7. The van der Waals surface area contributed by atoms with Gasteiger partial charge < -0.3 is 15.0 Å². The predicted molar refractivity (Wildman–Crippen MR) is 94.2 cm³/mol. The average Bonchev–Trinajstić information content (AvgIpc) is 2.93. The van der Waals surface area contributed by atoms with Crippen LogP contribution in [-0.4, -0.2) is 62.1 Å². The Bertz CT molecular complexity index is 539. The lowest BCUT2D eigenvalue weighted by atomic mass is 10.1. The van der Waals surface area contributed by atoms with E-state index in [-0.39, 0.29) is 18.3 Å². The third kappa shape index (κ3) is 4.37.